The van der Waals surface area contributed by atoms with Crippen LogP contribution in [0.3, 0.4) is 0 Å². The maximum atomic E-state index is 13.3. The number of fused-ring (bicyclic) bond motifs is 2. The highest BCUT2D eigenvalue weighted by molar-refractivity contribution is 6.31. The van der Waals surface area contributed by atoms with Crippen LogP contribution in [0.5, 0.6) is 0 Å². The third-order valence-corrected chi connectivity index (χ3v) is 5.62. The van der Waals surface area contributed by atoms with Crippen molar-refractivity contribution in [3.63, 3.8) is 0 Å². The van der Waals surface area contributed by atoms with E-state index in [4.69, 9.17) is 26.9 Å². The Balaban J connectivity index is 0.000000580. The zero-order valence-corrected chi connectivity index (χ0v) is 21.8. The Bertz CT molecular complexity index is 1220. The number of carbonyl (C=O) groups is 4. The lowest BCUT2D eigenvalue weighted by molar-refractivity contribution is -0.134. The average Bonchev–Trinajstić information content (AvgIpc) is 2.98. The lowest BCUT2D eigenvalue weighted by Gasteiger charge is -2.27. The number of carbonyl (C=O) groups excluding carboxylic acids is 1. The summed E-state index contributed by atoms with van der Waals surface area (Å²) in [6.45, 7) is 2.00. The summed E-state index contributed by atoms with van der Waals surface area (Å²) in [5.74, 6) is -3.63. The third-order valence-electron chi connectivity index (χ3n) is 5.39. The average molecular weight is 560 g/mol. The number of hydrogen-bond donors (Lipinski definition) is 5. The molecule has 0 aromatic heterocycles. The summed E-state index contributed by atoms with van der Waals surface area (Å²) in [5.41, 5.74) is 2.95. The molecule has 0 fully saturated rings. The molecule has 12 heteroatoms. The SMILES string of the molecule is O=C(O)/C=C/CNCCCCN1c2cc(Cl)ccc2C(=O)N(CCO)c2ccccc21.O=C(O)/C=C\C(=O)O. The molecule has 0 atom stereocenters. The number of halogens is 1. The largest absolute Gasteiger partial charge is 0.478 e. The summed E-state index contributed by atoms with van der Waals surface area (Å²) in [6.07, 6.45) is 5.54. The number of anilines is 3. The molecule has 2 aromatic rings. The van der Waals surface area contributed by atoms with Crippen LogP contribution in [-0.2, 0) is 14.4 Å². The highest BCUT2D eigenvalue weighted by Crippen LogP contribution is 2.41. The highest BCUT2D eigenvalue weighted by Gasteiger charge is 2.30. The minimum absolute atomic E-state index is 0.134. The van der Waals surface area contributed by atoms with Gasteiger partial charge in [-0.1, -0.05) is 29.8 Å². The molecule has 39 heavy (non-hydrogen) atoms. The van der Waals surface area contributed by atoms with Crippen LogP contribution in [0.15, 0.2) is 66.8 Å². The summed E-state index contributed by atoms with van der Waals surface area (Å²) in [4.78, 5) is 46.6. The van der Waals surface area contributed by atoms with Gasteiger partial charge in [-0.2, -0.15) is 0 Å². The number of nitrogens with one attached hydrogen (secondary N) is 1. The molecule has 0 bridgehead atoms. The maximum absolute atomic E-state index is 13.3. The molecule has 1 heterocycles. The van der Waals surface area contributed by atoms with Crippen LogP contribution < -0.4 is 15.1 Å². The van der Waals surface area contributed by atoms with Crippen LogP contribution in [-0.4, -0.2) is 77.0 Å². The number of β-amino-alcohol motifs (C(OH)–C–C–N with tert-alkyl or cyclic N) is 1. The number of aliphatic hydroxyl groups is 1. The fraction of sp³-hybridized carbons (Fsp3) is 0.259. The van der Waals surface area contributed by atoms with E-state index in [1.54, 1.807) is 23.1 Å². The van der Waals surface area contributed by atoms with E-state index in [0.717, 1.165) is 42.5 Å². The Kier molecular flexibility index (Phi) is 12.7. The van der Waals surface area contributed by atoms with E-state index in [2.05, 4.69) is 10.2 Å². The molecule has 0 radical (unpaired) electrons. The summed E-state index contributed by atoms with van der Waals surface area (Å²) in [6, 6.07) is 12.9. The van der Waals surface area contributed by atoms with Crippen LogP contribution in [0.1, 0.15) is 23.2 Å². The van der Waals surface area contributed by atoms with Crippen LogP contribution in [0.2, 0.25) is 5.02 Å². The first-order valence-electron chi connectivity index (χ1n) is 12.0. The van der Waals surface area contributed by atoms with E-state index in [0.29, 0.717) is 35.8 Å². The smallest absolute Gasteiger partial charge is 0.328 e. The molecule has 0 saturated heterocycles. The Morgan fingerprint density at radius 2 is 1.44 bits per heavy atom. The molecule has 5 N–H and O–H groups in total. The van der Waals surface area contributed by atoms with Gasteiger partial charge in [-0.3, -0.25) is 4.79 Å². The predicted molar refractivity (Wildman–Crippen MR) is 147 cm³/mol. The molecular formula is C27H30ClN3O8. The second-order valence-corrected chi connectivity index (χ2v) is 8.58. The topological polar surface area (TPSA) is 168 Å². The monoisotopic (exact) mass is 559 g/mol. The first-order valence-corrected chi connectivity index (χ1v) is 12.4. The fourth-order valence-electron chi connectivity index (χ4n) is 3.78. The van der Waals surface area contributed by atoms with Crippen molar-refractivity contribution in [3.05, 3.63) is 77.4 Å². The van der Waals surface area contributed by atoms with Gasteiger partial charge in [0, 0.05) is 42.9 Å². The minimum atomic E-state index is -1.26. The number of carboxylic acid groups (broad SMARTS) is 3. The van der Waals surface area contributed by atoms with Gasteiger partial charge in [-0.25, -0.2) is 14.4 Å². The Hall–Kier alpha value is -4.19. The normalized spacial score (nSPS) is 12.5. The van der Waals surface area contributed by atoms with Gasteiger partial charge in [-0.15, -0.1) is 0 Å². The van der Waals surface area contributed by atoms with Crippen molar-refractivity contribution in [2.24, 2.45) is 0 Å². The lowest BCUT2D eigenvalue weighted by Crippen LogP contribution is -2.32. The van der Waals surface area contributed by atoms with E-state index in [1.165, 1.54) is 0 Å². The molecule has 3 rings (SSSR count). The second kappa shape index (κ2) is 15.9. The van der Waals surface area contributed by atoms with E-state index in [1.807, 2.05) is 30.3 Å². The van der Waals surface area contributed by atoms with Crippen LogP contribution in [0.4, 0.5) is 17.1 Å². The molecule has 0 saturated carbocycles. The maximum Gasteiger partial charge on any atom is 0.328 e. The van der Waals surface area contributed by atoms with Gasteiger partial charge >= 0.3 is 17.9 Å². The number of para-hydroxylation sites is 2. The third kappa shape index (κ3) is 9.89. The number of nitrogens with zero attached hydrogens (tertiary/aromatic N) is 2. The van der Waals surface area contributed by atoms with Crippen molar-refractivity contribution in [1.82, 2.24) is 5.32 Å². The summed E-state index contributed by atoms with van der Waals surface area (Å²) in [5, 5.41) is 37.5. The van der Waals surface area contributed by atoms with Crippen molar-refractivity contribution >= 4 is 52.5 Å². The van der Waals surface area contributed by atoms with E-state index in [9.17, 15) is 24.3 Å². The van der Waals surface area contributed by atoms with Crippen molar-refractivity contribution in [1.29, 1.82) is 0 Å². The molecule has 1 aliphatic heterocycles. The Morgan fingerprint density at radius 3 is 2.03 bits per heavy atom. The fourth-order valence-corrected chi connectivity index (χ4v) is 3.95. The molecule has 1 aliphatic rings. The van der Waals surface area contributed by atoms with Gasteiger partial charge in [-0.05, 0) is 49.7 Å². The molecule has 208 valence electrons. The van der Waals surface area contributed by atoms with Gasteiger partial charge < -0.3 is 35.5 Å². The van der Waals surface area contributed by atoms with Crippen molar-refractivity contribution in [2.45, 2.75) is 12.8 Å². The molecule has 2 aromatic carbocycles. The predicted octanol–water partition coefficient (Wildman–Crippen LogP) is 3.15. The summed E-state index contributed by atoms with van der Waals surface area (Å²) >= 11 is 6.27. The molecule has 11 nitrogen and oxygen atoms in total. The quantitative estimate of drug-likeness (QED) is 0.192. The molecule has 0 aliphatic carbocycles. The van der Waals surface area contributed by atoms with E-state index in [-0.39, 0.29) is 19.1 Å². The van der Waals surface area contributed by atoms with Gasteiger partial charge in [0.1, 0.15) is 0 Å². The second-order valence-electron chi connectivity index (χ2n) is 8.14. The summed E-state index contributed by atoms with van der Waals surface area (Å²) in [7, 11) is 0. The van der Waals surface area contributed by atoms with Crippen molar-refractivity contribution in [2.75, 3.05) is 42.6 Å². The number of unbranched alkanes of at least 4 members (excludes halogenated alkanes) is 1. The number of amides is 1. The highest BCUT2D eigenvalue weighted by atomic mass is 35.5. The molecule has 0 unspecified atom stereocenters. The lowest BCUT2D eigenvalue weighted by atomic mass is 10.1. The van der Waals surface area contributed by atoms with Gasteiger partial charge in [0.2, 0.25) is 0 Å². The van der Waals surface area contributed by atoms with E-state index >= 15 is 0 Å². The van der Waals surface area contributed by atoms with Crippen LogP contribution in [0.25, 0.3) is 0 Å². The van der Waals surface area contributed by atoms with Gasteiger partial charge in [0.15, 0.2) is 0 Å². The number of aliphatic hydroxyl groups excluding tert-OH is 1. The van der Waals surface area contributed by atoms with Crippen molar-refractivity contribution < 1.29 is 39.6 Å². The Labute approximate surface area is 230 Å². The first kappa shape index (κ1) is 31.0. The first-order chi connectivity index (χ1) is 18.6. The zero-order chi connectivity index (χ0) is 28.8. The van der Waals surface area contributed by atoms with E-state index < -0.39 is 17.9 Å². The van der Waals surface area contributed by atoms with Crippen LogP contribution >= 0.6 is 11.6 Å². The molecule has 0 spiro atoms. The Morgan fingerprint density at radius 1 is 0.821 bits per heavy atom. The number of aliphatic carboxylic acids is 3. The number of carboxylic acids is 3. The van der Waals surface area contributed by atoms with Gasteiger partial charge in [0.25, 0.3) is 5.91 Å². The number of benzene rings is 2. The molecular weight excluding hydrogens is 530 g/mol. The van der Waals surface area contributed by atoms with Crippen LogP contribution in [0, 0.1) is 0 Å². The minimum Gasteiger partial charge on any atom is -0.478 e. The zero-order valence-electron chi connectivity index (χ0n) is 21.0. The number of rotatable bonds is 12. The summed E-state index contributed by atoms with van der Waals surface area (Å²) < 4.78 is 0. The standard InChI is InChI=1S/C23H26ClN3O4.C4H4O4/c24-17-9-10-18-21(16-17)26(13-4-3-11-25-12-5-8-22(29)30)19-6-1-2-7-20(19)27(14-15-28)23(18)31;5-3(6)1-2-4(7)8/h1-2,5-10,16,25,28H,3-4,11-15H2,(H,29,30);1-2H,(H,5,6)(H,7,8)/b8-5+;2-1-. The number of hydrogen-bond acceptors (Lipinski definition) is 7. The molecule has 1 amide bonds. The van der Waals surface area contributed by atoms with Gasteiger partial charge in [0.05, 0.1) is 29.2 Å². The van der Waals surface area contributed by atoms with Crippen molar-refractivity contribution in [3.8, 4) is 0 Å².